The van der Waals surface area contributed by atoms with Crippen molar-refractivity contribution in [2.24, 2.45) is 0 Å². The lowest BCUT2D eigenvalue weighted by Crippen LogP contribution is -2.35. The van der Waals surface area contributed by atoms with Crippen LogP contribution in [0.1, 0.15) is 24.8 Å². The molecule has 3 rings (SSSR count). The average molecular weight is 427 g/mol. The Kier molecular flexibility index (Phi) is 5.97. The third-order valence-corrected chi connectivity index (χ3v) is 7.64. The van der Waals surface area contributed by atoms with Gasteiger partial charge in [0, 0.05) is 29.5 Å². The third-order valence-electron chi connectivity index (χ3n) is 4.00. The second-order valence-corrected chi connectivity index (χ2v) is 9.46. The molecule has 0 unspecified atom stereocenters. The van der Waals surface area contributed by atoms with Crippen molar-refractivity contribution in [2.75, 3.05) is 13.1 Å². The smallest absolute Gasteiger partial charge is 0.244 e. The van der Waals surface area contributed by atoms with Crippen LogP contribution in [-0.4, -0.2) is 30.8 Å². The summed E-state index contributed by atoms with van der Waals surface area (Å²) in [6.07, 6.45) is 4.46. The van der Waals surface area contributed by atoms with E-state index >= 15 is 0 Å². The monoisotopic (exact) mass is 426 g/mol. The van der Waals surface area contributed by atoms with E-state index in [0.717, 1.165) is 34.5 Å². The van der Waals surface area contributed by atoms with Crippen LogP contribution >= 0.6 is 27.7 Å². The molecule has 128 valence electrons. The van der Waals surface area contributed by atoms with Gasteiger partial charge in [-0.3, -0.25) is 0 Å². The Balaban J connectivity index is 1.68. The van der Waals surface area contributed by atoms with Crippen molar-refractivity contribution in [3.8, 4) is 0 Å². The second kappa shape index (κ2) is 7.99. The molecule has 0 amide bonds. The van der Waals surface area contributed by atoms with Crippen LogP contribution in [0.3, 0.4) is 0 Å². The minimum absolute atomic E-state index is 0.287. The topological polar surface area (TPSA) is 50.3 Å². The molecule has 0 spiro atoms. The predicted octanol–water partition coefficient (Wildman–Crippen LogP) is 4.31. The zero-order valence-electron chi connectivity index (χ0n) is 13.2. The first-order valence-electron chi connectivity index (χ1n) is 7.90. The number of rotatable bonds is 5. The molecule has 1 saturated heterocycles. The molecule has 2 heterocycles. The first kappa shape index (κ1) is 17.9. The summed E-state index contributed by atoms with van der Waals surface area (Å²) in [6.45, 7) is 1.22. The van der Waals surface area contributed by atoms with Gasteiger partial charge in [-0.25, -0.2) is 13.4 Å². The van der Waals surface area contributed by atoms with E-state index in [4.69, 9.17) is 0 Å². The van der Waals surface area contributed by atoms with E-state index in [-0.39, 0.29) is 4.90 Å². The zero-order chi connectivity index (χ0) is 17.0. The van der Waals surface area contributed by atoms with Crippen molar-refractivity contribution in [3.05, 3.63) is 52.6 Å². The number of nitrogens with zero attached hydrogens (tertiary/aromatic N) is 2. The molecule has 0 saturated carbocycles. The Morgan fingerprint density at radius 2 is 1.83 bits per heavy atom. The minimum Gasteiger partial charge on any atom is -0.249 e. The summed E-state index contributed by atoms with van der Waals surface area (Å²) in [7, 11) is -3.40. The molecule has 2 aromatic rings. The first-order valence-corrected chi connectivity index (χ1v) is 11.1. The number of aromatic nitrogens is 1. The minimum atomic E-state index is -3.40. The highest BCUT2D eigenvalue weighted by Crippen LogP contribution is 2.27. The fourth-order valence-corrected chi connectivity index (χ4v) is 5.55. The highest BCUT2D eigenvalue weighted by molar-refractivity contribution is 9.10. The van der Waals surface area contributed by atoms with E-state index in [9.17, 15) is 8.42 Å². The van der Waals surface area contributed by atoms with Gasteiger partial charge in [-0.05, 0) is 36.6 Å². The van der Waals surface area contributed by atoms with Gasteiger partial charge in [0.1, 0.15) is 4.90 Å². The lowest BCUT2D eigenvalue weighted by atomic mass is 10.2. The van der Waals surface area contributed by atoms with Crippen LogP contribution < -0.4 is 0 Å². The van der Waals surface area contributed by atoms with Crippen LogP contribution in [0, 0.1) is 0 Å². The molecule has 0 bridgehead atoms. The molecule has 4 nitrogen and oxygen atoms in total. The number of hydrogen-bond acceptors (Lipinski definition) is 4. The molecule has 0 N–H and O–H groups in total. The standard InChI is InChI=1S/C17H19BrN2O2S2/c18-16-7-3-2-6-14(16)13-23-17-9-8-15(12-19-17)24(21,22)20-10-4-1-5-11-20/h2-3,6-9,12H,1,4-5,10-11,13H2. The SMILES string of the molecule is O=S(=O)(c1ccc(SCc2ccccc2Br)nc1)N1CCCCC1. The van der Waals surface area contributed by atoms with Gasteiger partial charge >= 0.3 is 0 Å². The molecule has 1 aromatic carbocycles. The Labute approximate surface area is 155 Å². The van der Waals surface area contributed by atoms with Crippen LogP contribution in [0.25, 0.3) is 0 Å². The first-order chi connectivity index (χ1) is 11.6. The van der Waals surface area contributed by atoms with Gasteiger partial charge in [-0.1, -0.05) is 40.5 Å². The van der Waals surface area contributed by atoms with Gasteiger partial charge in [0.25, 0.3) is 0 Å². The fraction of sp³-hybridized carbons (Fsp3) is 0.353. The predicted molar refractivity (Wildman–Crippen MR) is 101 cm³/mol. The van der Waals surface area contributed by atoms with Crippen LogP contribution in [-0.2, 0) is 15.8 Å². The van der Waals surface area contributed by atoms with Crippen molar-refractivity contribution in [1.82, 2.24) is 9.29 Å². The van der Waals surface area contributed by atoms with Gasteiger partial charge < -0.3 is 0 Å². The van der Waals surface area contributed by atoms with Gasteiger partial charge in [0.05, 0.1) is 5.03 Å². The molecular formula is C17H19BrN2O2S2. The zero-order valence-corrected chi connectivity index (χ0v) is 16.4. The molecule has 7 heteroatoms. The van der Waals surface area contributed by atoms with E-state index in [1.807, 2.05) is 18.2 Å². The largest absolute Gasteiger partial charge is 0.249 e. The maximum Gasteiger partial charge on any atom is 0.244 e. The molecule has 1 aromatic heterocycles. The lowest BCUT2D eigenvalue weighted by molar-refractivity contribution is 0.346. The highest BCUT2D eigenvalue weighted by Gasteiger charge is 2.26. The van der Waals surface area contributed by atoms with E-state index in [1.165, 1.54) is 11.8 Å². The molecule has 0 radical (unpaired) electrons. The van der Waals surface area contributed by atoms with E-state index in [1.54, 1.807) is 28.2 Å². The molecule has 1 fully saturated rings. The normalized spacial score (nSPS) is 16.2. The van der Waals surface area contributed by atoms with Crippen molar-refractivity contribution in [1.29, 1.82) is 0 Å². The number of hydrogen-bond donors (Lipinski definition) is 0. The summed E-state index contributed by atoms with van der Waals surface area (Å²) < 4.78 is 27.8. The van der Waals surface area contributed by atoms with Crippen molar-refractivity contribution in [3.63, 3.8) is 0 Å². The van der Waals surface area contributed by atoms with Crippen molar-refractivity contribution >= 4 is 37.7 Å². The summed E-state index contributed by atoms with van der Waals surface area (Å²) in [6, 6.07) is 11.5. The van der Waals surface area contributed by atoms with E-state index in [0.29, 0.717) is 13.1 Å². The number of sulfonamides is 1. The Hall–Kier alpha value is -0.890. The molecule has 1 aliphatic heterocycles. The Morgan fingerprint density at radius 1 is 1.08 bits per heavy atom. The van der Waals surface area contributed by atoms with Gasteiger partial charge in [-0.2, -0.15) is 4.31 Å². The molecule has 0 atom stereocenters. The third kappa shape index (κ3) is 4.20. The maximum absolute atomic E-state index is 12.6. The summed E-state index contributed by atoms with van der Waals surface area (Å²) in [5.74, 6) is 0.784. The van der Waals surface area contributed by atoms with Crippen LogP contribution in [0.2, 0.25) is 0 Å². The molecular weight excluding hydrogens is 408 g/mol. The molecule has 1 aliphatic rings. The second-order valence-electron chi connectivity index (χ2n) is 5.68. The Bertz CT molecular complexity index is 788. The molecule has 0 aliphatic carbocycles. The van der Waals surface area contributed by atoms with Gasteiger partial charge in [0.15, 0.2) is 0 Å². The number of pyridine rings is 1. The quantitative estimate of drug-likeness (QED) is 0.668. The summed E-state index contributed by atoms with van der Waals surface area (Å²) in [5.41, 5.74) is 1.19. The molecule has 24 heavy (non-hydrogen) atoms. The summed E-state index contributed by atoms with van der Waals surface area (Å²) in [4.78, 5) is 4.61. The van der Waals surface area contributed by atoms with E-state index < -0.39 is 10.0 Å². The summed E-state index contributed by atoms with van der Waals surface area (Å²) >= 11 is 5.13. The van der Waals surface area contributed by atoms with Crippen LogP contribution in [0.4, 0.5) is 0 Å². The number of thioether (sulfide) groups is 1. The van der Waals surface area contributed by atoms with Crippen molar-refractivity contribution in [2.45, 2.75) is 34.9 Å². The average Bonchev–Trinajstić information content (AvgIpc) is 2.62. The Morgan fingerprint density at radius 3 is 2.50 bits per heavy atom. The highest BCUT2D eigenvalue weighted by atomic mass is 79.9. The van der Waals surface area contributed by atoms with Gasteiger partial charge in [-0.15, -0.1) is 11.8 Å². The lowest BCUT2D eigenvalue weighted by Gasteiger charge is -2.25. The van der Waals surface area contributed by atoms with Crippen LogP contribution in [0.5, 0.6) is 0 Å². The number of halogens is 1. The maximum atomic E-state index is 12.6. The fourth-order valence-electron chi connectivity index (χ4n) is 2.63. The van der Waals surface area contributed by atoms with Crippen molar-refractivity contribution < 1.29 is 8.42 Å². The van der Waals surface area contributed by atoms with E-state index in [2.05, 4.69) is 27.0 Å². The number of piperidine rings is 1. The van der Waals surface area contributed by atoms with Crippen LogP contribution in [0.15, 0.2) is 57.0 Å². The number of benzene rings is 1. The summed E-state index contributed by atoms with van der Waals surface area (Å²) in [5, 5.41) is 0.823. The van der Waals surface area contributed by atoms with Gasteiger partial charge in [0.2, 0.25) is 10.0 Å².